The molecule has 1 atom stereocenters. The van der Waals surface area contributed by atoms with E-state index in [2.05, 4.69) is 26.2 Å². The van der Waals surface area contributed by atoms with Crippen LogP contribution >= 0.6 is 15.9 Å². The number of carbonyl (C=O) groups excluding carboxylic acids is 1. The average molecular weight is 365 g/mol. The Balaban J connectivity index is 2.22. The lowest BCUT2D eigenvalue weighted by Crippen LogP contribution is -2.27. The lowest BCUT2D eigenvalue weighted by Gasteiger charge is -2.15. The molecule has 0 aliphatic rings. The van der Waals surface area contributed by atoms with Crippen molar-refractivity contribution in [2.45, 2.75) is 13.0 Å². The van der Waals surface area contributed by atoms with E-state index in [0.717, 1.165) is 5.69 Å². The van der Waals surface area contributed by atoms with Crippen molar-refractivity contribution in [1.29, 1.82) is 0 Å². The van der Waals surface area contributed by atoms with E-state index in [9.17, 15) is 4.79 Å². The molecular weight excluding hydrogens is 348 g/mol. The molecular formula is C16H17BrN2O3. The number of nitrogens with one attached hydrogen (secondary N) is 1. The smallest absolute Gasteiger partial charge is 0.252 e. The summed E-state index contributed by atoms with van der Waals surface area (Å²) in [5, 5.41) is 2.91. The fourth-order valence-electron chi connectivity index (χ4n) is 1.99. The molecule has 0 fully saturated rings. The fraction of sp³-hybridized carbons (Fsp3) is 0.250. The molecule has 2 aromatic rings. The molecule has 116 valence electrons. The van der Waals surface area contributed by atoms with Gasteiger partial charge in [0, 0.05) is 11.8 Å². The van der Waals surface area contributed by atoms with E-state index in [0.29, 0.717) is 21.5 Å². The van der Waals surface area contributed by atoms with Crippen LogP contribution in [0.1, 0.15) is 29.0 Å². The summed E-state index contributed by atoms with van der Waals surface area (Å²) in [7, 11) is 3.08. The molecule has 1 heterocycles. The van der Waals surface area contributed by atoms with Gasteiger partial charge in [0.05, 0.1) is 26.0 Å². The molecule has 5 nitrogen and oxygen atoms in total. The van der Waals surface area contributed by atoms with Crippen LogP contribution in [0.5, 0.6) is 11.5 Å². The van der Waals surface area contributed by atoms with Gasteiger partial charge in [0.15, 0.2) is 0 Å². The first-order chi connectivity index (χ1) is 10.6. The van der Waals surface area contributed by atoms with Gasteiger partial charge in [0.1, 0.15) is 16.0 Å². The summed E-state index contributed by atoms with van der Waals surface area (Å²) in [5.41, 5.74) is 1.26. The van der Waals surface area contributed by atoms with E-state index in [1.165, 1.54) is 14.2 Å². The number of amides is 1. The van der Waals surface area contributed by atoms with Crippen LogP contribution in [0.15, 0.2) is 41.0 Å². The molecule has 0 spiro atoms. The molecule has 0 aliphatic heterocycles. The van der Waals surface area contributed by atoms with Crippen molar-refractivity contribution >= 4 is 21.8 Å². The third-order valence-corrected chi connectivity index (χ3v) is 3.97. The Bertz CT molecular complexity index is 637. The number of ether oxygens (including phenoxy) is 2. The molecule has 1 unspecified atom stereocenters. The first-order valence-electron chi connectivity index (χ1n) is 6.70. The van der Waals surface area contributed by atoms with E-state index in [-0.39, 0.29) is 11.9 Å². The molecule has 6 heteroatoms. The summed E-state index contributed by atoms with van der Waals surface area (Å²) in [4.78, 5) is 16.6. The molecule has 0 radical (unpaired) electrons. The van der Waals surface area contributed by atoms with E-state index in [1.807, 2.05) is 25.1 Å². The van der Waals surface area contributed by atoms with Crippen LogP contribution in [0.25, 0.3) is 0 Å². The normalized spacial score (nSPS) is 11.6. The molecule has 1 amide bonds. The maximum Gasteiger partial charge on any atom is 0.252 e. The zero-order valence-electron chi connectivity index (χ0n) is 12.6. The van der Waals surface area contributed by atoms with E-state index < -0.39 is 0 Å². The van der Waals surface area contributed by atoms with Crippen molar-refractivity contribution in [3.8, 4) is 11.5 Å². The summed E-state index contributed by atoms with van der Waals surface area (Å²) >= 11 is 3.38. The van der Waals surface area contributed by atoms with Gasteiger partial charge in [0.2, 0.25) is 0 Å². The molecule has 0 bridgehead atoms. The third kappa shape index (κ3) is 3.57. The second-order valence-electron chi connectivity index (χ2n) is 4.64. The molecule has 22 heavy (non-hydrogen) atoms. The summed E-state index contributed by atoms with van der Waals surface area (Å²) < 4.78 is 11.2. The molecule has 0 saturated heterocycles. The Hall–Kier alpha value is -2.08. The Labute approximate surface area is 137 Å². The van der Waals surface area contributed by atoms with Crippen LogP contribution in [0.4, 0.5) is 0 Å². The van der Waals surface area contributed by atoms with Crippen LogP contribution in [0, 0.1) is 0 Å². The highest BCUT2D eigenvalue weighted by Gasteiger charge is 2.17. The van der Waals surface area contributed by atoms with E-state index in [1.54, 1.807) is 18.3 Å². The summed E-state index contributed by atoms with van der Waals surface area (Å²) in [5.74, 6) is 0.854. The van der Waals surface area contributed by atoms with Crippen molar-refractivity contribution < 1.29 is 14.3 Å². The van der Waals surface area contributed by atoms with Crippen molar-refractivity contribution in [2.75, 3.05) is 14.2 Å². The molecule has 0 aliphatic carbocycles. The van der Waals surface area contributed by atoms with Gasteiger partial charge in [-0.1, -0.05) is 6.07 Å². The van der Waals surface area contributed by atoms with Crippen molar-refractivity contribution in [1.82, 2.24) is 10.3 Å². The fourth-order valence-corrected chi connectivity index (χ4v) is 2.54. The van der Waals surface area contributed by atoms with Crippen molar-refractivity contribution in [3.63, 3.8) is 0 Å². The van der Waals surface area contributed by atoms with Gasteiger partial charge < -0.3 is 14.8 Å². The van der Waals surface area contributed by atoms with Crippen LogP contribution in [0.2, 0.25) is 0 Å². The van der Waals surface area contributed by atoms with Gasteiger partial charge in [0.25, 0.3) is 5.91 Å². The second kappa shape index (κ2) is 7.26. The van der Waals surface area contributed by atoms with E-state index >= 15 is 0 Å². The monoisotopic (exact) mass is 364 g/mol. The second-order valence-corrected chi connectivity index (χ2v) is 5.44. The number of halogens is 1. The summed E-state index contributed by atoms with van der Waals surface area (Å²) in [6, 6.07) is 8.71. The minimum Gasteiger partial charge on any atom is -0.495 e. The first-order valence-corrected chi connectivity index (χ1v) is 7.49. The van der Waals surface area contributed by atoms with Crippen molar-refractivity contribution in [2.24, 2.45) is 0 Å². The van der Waals surface area contributed by atoms with Gasteiger partial charge in [-0.05, 0) is 47.1 Å². The largest absolute Gasteiger partial charge is 0.495 e. The number of aromatic nitrogens is 1. The highest BCUT2D eigenvalue weighted by atomic mass is 79.9. The van der Waals surface area contributed by atoms with Crippen LogP contribution in [-0.2, 0) is 0 Å². The van der Waals surface area contributed by atoms with Crippen LogP contribution in [0.3, 0.4) is 0 Å². The Morgan fingerprint density at radius 1 is 1.23 bits per heavy atom. The lowest BCUT2D eigenvalue weighted by molar-refractivity contribution is 0.0938. The number of hydrogen-bond donors (Lipinski definition) is 1. The van der Waals surface area contributed by atoms with E-state index in [4.69, 9.17) is 9.47 Å². The van der Waals surface area contributed by atoms with Gasteiger partial charge in [-0.3, -0.25) is 9.78 Å². The Kier molecular flexibility index (Phi) is 5.38. The van der Waals surface area contributed by atoms with Gasteiger partial charge in [-0.2, -0.15) is 0 Å². The van der Waals surface area contributed by atoms with Crippen molar-refractivity contribution in [3.05, 3.63) is 52.3 Å². The Morgan fingerprint density at radius 2 is 1.86 bits per heavy atom. The number of benzene rings is 1. The highest BCUT2D eigenvalue weighted by Crippen LogP contribution is 2.35. The number of nitrogens with zero attached hydrogens (tertiary/aromatic N) is 1. The van der Waals surface area contributed by atoms with Crippen LogP contribution < -0.4 is 14.8 Å². The minimum absolute atomic E-state index is 0.200. The molecule has 1 N–H and O–H groups in total. The number of pyridine rings is 1. The minimum atomic E-state index is -0.220. The van der Waals surface area contributed by atoms with Gasteiger partial charge in [-0.15, -0.1) is 0 Å². The average Bonchev–Trinajstić information content (AvgIpc) is 2.55. The maximum atomic E-state index is 12.4. The number of carbonyl (C=O) groups is 1. The topological polar surface area (TPSA) is 60.5 Å². The van der Waals surface area contributed by atoms with Gasteiger partial charge >= 0.3 is 0 Å². The predicted octanol–water partition coefficient (Wildman–Crippen LogP) is 3.35. The zero-order chi connectivity index (χ0) is 16.1. The quantitative estimate of drug-likeness (QED) is 0.883. The first kappa shape index (κ1) is 16.3. The number of hydrogen-bond acceptors (Lipinski definition) is 4. The summed E-state index contributed by atoms with van der Waals surface area (Å²) in [6.07, 6.45) is 1.70. The molecule has 0 saturated carbocycles. The highest BCUT2D eigenvalue weighted by molar-refractivity contribution is 9.10. The van der Waals surface area contributed by atoms with Gasteiger partial charge in [-0.25, -0.2) is 0 Å². The maximum absolute atomic E-state index is 12.4. The standard InChI is InChI=1S/C16H17BrN2O3/c1-10(12-6-4-5-7-18-12)19-16(20)11-8-13(21-2)15(17)14(9-11)22-3/h4-10H,1-3H3,(H,19,20). The predicted molar refractivity (Wildman–Crippen MR) is 87.4 cm³/mol. The molecule has 2 rings (SSSR count). The lowest BCUT2D eigenvalue weighted by atomic mass is 10.1. The third-order valence-electron chi connectivity index (χ3n) is 3.19. The SMILES string of the molecule is COc1cc(C(=O)NC(C)c2ccccn2)cc(OC)c1Br. The van der Waals surface area contributed by atoms with Crippen LogP contribution in [-0.4, -0.2) is 25.1 Å². The Morgan fingerprint density at radius 3 is 2.36 bits per heavy atom. The number of methoxy groups -OCH3 is 2. The zero-order valence-corrected chi connectivity index (χ0v) is 14.2. The number of rotatable bonds is 5. The summed E-state index contributed by atoms with van der Waals surface area (Å²) in [6.45, 7) is 1.88. The molecule has 1 aromatic heterocycles. The molecule has 1 aromatic carbocycles.